The summed E-state index contributed by atoms with van der Waals surface area (Å²) in [5.74, 6) is -0.0837. The molecular formula is C19H22ClFO2. The normalized spacial score (nSPS) is 23.1. The van der Waals surface area contributed by atoms with Gasteiger partial charge in [-0.2, -0.15) is 0 Å². The molecule has 0 fully saturated rings. The van der Waals surface area contributed by atoms with Crippen LogP contribution in [0.15, 0.2) is 11.6 Å². The molecule has 0 bridgehead atoms. The van der Waals surface area contributed by atoms with Crippen LogP contribution in [-0.4, -0.2) is 12.9 Å². The van der Waals surface area contributed by atoms with E-state index in [0.29, 0.717) is 18.4 Å². The van der Waals surface area contributed by atoms with Crippen molar-refractivity contribution in [1.29, 1.82) is 0 Å². The molecule has 0 spiro atoms. The lowest BCUT2D eigenvalue weighted by Crippen LogP contribution is -2.28. The Morgan fingerprint density at radius 2 is 2.17 bits per heavy atom. The van der Waals surface area contributed by atoms with Gasteiger partial charge in [0, 0.05) is 17.4 Å². The second-order valence-corrected chi connectivity index (χ2v) is 7.12. The minimum Gasteiger partial charge on any atom is -0.492 e. The fraction of sp³-hybridized carbons (Fsp3) is 0.526. The van der Waals surface area contributed by atoms with Gasteiger partial charge in [-0.15, -0.1) is 0 Å². The molecule has 2 nitrogen and oxygen atoms in total. The van der Waals surface area contributed by atoms with Gasteiger partial charge in [0.25, 0.3) is 0 Å². The molecule has 0 N–H and O–H groups in total. The predicted molar refractivity (Wildman–Crippen MR) is 90.5 cm³/mol. The van der Waals surface area contributed by atoms with Crippen LogP contribution in [0.3, 0.4) is 0 Å². The highest BCUT2D eigenvalue weighted by atomic mass is 35.5. The summed E-state index contributed by atoms with van der Waals surface area (Å²) in [4.78, 5) is 12.2. The molecule has 1 unspecified atom stereocenters. The second-order valence-electron chi connectivity index (χ2n) is 6.72. The molecular weight excluding hydrogens is 315 g/mol. The molecule has 2 aliphatic rings. The van der Waals surface area contributed by atoms with E-state index in [-0.39, 0.29) is 27.8 Å². The van der Waals surface area contributed by atoms with Gasteiger partial charge in [-0.1, -0.05) is 31.4 Å². The van der Waals surface area contributed by atoms with Crippen LogP contribution in [0.5, 0.6) is 5.75 Å². The van der Waals surface area contributed by atoms with E-state index < -0.39 is 0 Å². The van der Waals surface area contributed by atoms with E-state index in [1.165, 1.54) is 7.11 Å². The topological polar surface area (TPSA) is 26.3 Å². The van der Waals surface area contributed by atoms with E-state index in [0.717, 1.165) is 42.4 Å². The van der Waals surface area contributed by atoms with E-state index in [4.69, 9.17) is 16.3 Å². The van der Waals surface area contributed by atoms with E-state index in [1.807, 2.05) is 6.92 Å². The van der Waals surface area contributed by atoms with Crippen molar-refractivity contribution in [2.24, 2.45) is 5.41 Å². The minimum atomic E-state index is -0.368. The van der Waals surface area contributed by atoms with Crippen LogP contribution >= 0.6 is 11.6 Å². The number of hydrogen-bond donors (Lipinski definition) is 0. The van der Waals surface area contributed by atoms with Gasteiger partial charge in [0.2, 0.25) is 0 Å². The number of carbonyl (C=O) groups excluding carboxylic acids is 1. The second kappa shape index (κ2) is 5.94. The highest BCUT2D eigenvalue weighted by Crippen LogP contribution is 2.58. The molecule has 1 aromatic rings. The van der Waals surface area contributed by atoms with Crippen LogP contribution < -0.4 is 4.74 Å². The average Bonchev–Trinajstić information content (AvgIpc) is 2.85. The Labute approximate surface area is 141 Å². The largest absolute Gasteiger partial charge is 0.492 e. The lowest BCUT2D eigenvalue weighted by molar-refractivity contribution is -0.116. The highest BCUT2D eigenvalue weighted by Gasteiger charge is 2.47. The first kappa shape index (κ1) is 16.5. The van der Waals surface area contributed by atoms with Crippen molar-refractivity contribution in [2.45, 2.75) is 52.4 Å². The third-order valence-electron chi connectivity index (χ3n) is 5.43. The Morgan fingerprint density at radius 3 is 2.83 bits per heavy atom. The van der Waals surface area contributed by atoms with Crippen molar-refractivity contribution in [2.75, 3.05) is 7.11 Å². The van der Waals surface area contributed by atoms with E-state index >= 15 is 0 Å². The summed E-state index contributed by atoms with van der Waals surface area (Å²) >= 11 is 6.21. The Morgan fingerprint density at radius 1 is 1.43 bits per heavy atom. The SMILES string of the molecule is CCCCC12CCC(=O)C(C)=C1c1cc(Cl)c(OC)c(F)c1C2. The van der Waals surface area contributed by atoms with Crippen LogP contribution in [0.2, 0.25) is 5.02 Å². The molecule has 3 rings (SSSR count). The van der Waals surface area contributed by atoms with Crippen LogP contribution in [0.4, 0.5) is 4.39 Å². The van der Waals surface area contributed by atoms with Gasteiger partial charge in [-0.05, 0) is 49.0 Å². The zero-order valence-electron chi connectivity index (χ0n) is 13.9. The Balaban J connectivity index is 2.23. The zero-order valence-corrected chi connectivity index (χ0v) is 14.6. The summed E-state index contributed by atoms with van der Waals surface area (Å²) in [7, 11) is 1.43. The monoisotopic (exact) mass is 336 g/mol. The summed E-state index contributed by atoms with van der Waals surface area (Å²) in [5, 5.41) is 0.272. The zero-order chi connectivity index (χ0) is 16.8. The summed E-state index contributed by atoms with van der Waals surface area (Å²) in [5.41, 5.74) is 3.17. The highest BCUT2D eigenvalue weighted by molar-refractivity contribution is 6.32. The molecule has 0 heterocycles. The number of ether oxygens (including phenoxy) is 1. The molecule has 1 aromatic carbocycles. The lowest BCUT2D eigenvalue weighted by atomic mass is 9.67. The summed E-state index contributed by atoms with van der Waals surface area (Å²) in [6, 6.07) is 1.78. The van der Waals surface area contributed by atoms with E-state index in [1.54, 1.807) is 6.07 Å². The minimum absolute atomic E-state index is 0.110. The van der Waals surface area contributed by atoms with E-state index in [9.17, 15) is 9.18 Å². The smallest absolute Gasteiger partial charge is 0.173 e. The maximum Gasteiger partial charge on any atom is 0.173 e. The summed E-state index contributed by atoms with van der Waals surface area (Å²) < 4.78 is 20.0. The van der Waals surface area contributed by atoms with Gasteiger partial charge in [0.1, 0.15) is 0 Å². The first-order valence-corrected chi connectivity index (χ1v) is 8.62. The number of rotatable bonds is 4. The number of Topliss-reactive ketones (excluding diaryl/α,β-unsaturated/α-hetero) is 1. The van der Waals surface area contributed by atoms with Crippen LogP contribution in [0.25, 0.3) is 5.57 Å². The summed E-state index contributed by atoms with van der Waals surface area (Å²) in [6.45, 7) is 4.03. The lowest BCUT2D eigenvalue weighted by Gasteiger charge is -2.36. The Hall–Kier alpha value is -1.35. The maximum atomic E-state index is 14.9. The predicted octanol–water partition coefficient (Wildman–Crippen LogP) is 5.36. The summed E-state index contributed by atoms with van der Waals surface area (Å²) in [6.07, 6.45) is 5.14. The number of ketones is 1. The molecule has 0 saturated carbocycles. The molecule has 0 aliphatic heterocycles. The number of allylic oxidation sites excluding steroid dienone is 2. The van der Waals surface area contributed by atoms with Crippen LogP contribution in [-0.2, 0) is 11.2 Å². The van der Waals surface area contributed by atoms with Gasteiger partial charge in [-0.25, -0.2) is 4.39 Å². The Bertz CT molecular complexity index is 708. The van der Waals surface area contributed by atoms with Crippen molar-refractivity contribution in [1.82, 2.24) is 0 Å². The van der Waals surface area contributed by atoms with E-state index in [2.05, 4.69) is 6.92 Å². The quantitative estimate of drug-likeness (QED) is 0.740. The van der Waals surface area contributed by atoms with Crippen molar-refractivity contribution in [3.05, 3.63) is 33.6 Å². The first-order chi connectivity index (χ1) is 10.9. The number of carbonyl (C=O) groups is 1. The van der Waals surface area contributed by atoms with Gasteiger partial charge in [-0.3, -0.25) is 4.79 Å². The number of methoxy groups -OCH3 is 1. The van der Waals surface area contributed by atoms with Crippen molar-refractivity contribution in [3.8, 4) is 5.75 Å². The molecule has 23 heavy (non-hydrogen) atoms. The van der Waals surface area contributed by atoms with Crippen molar-refractivity contribution >= 4 is 23.0 Å². The number of benzene rings is 1. The third kappa shape index (κ3) is 2.40. The first-order valence-electron chi connectivity index (χ1n) is 8.25. The molecule has 0 saturated heterocycles. The fourth-order valence-corrected chi connectivity index (χ4v) is 4.55. The van der Waals surface area contributed by atoms with Crippen LogP contribution in [0, 0.1) is 11.2 Å². The molecule has 124 valence electrons. The molecule has 2 aliphatic carbocycles. The average molecular weight is 337 g/mol. The van der Waals surface area contributed by atoms with Gasteiger partial charge < -0.3 is 4.74 Å². The van der Waals surface area contributed by atoms with Gasteiger partial charge in [0.05, 0.1) is 12.1 Å². The van der Waals surface area contributed by atoms with Crippen molar-refractivity contribution < 1.29 is 13.9 Å². The molecule has 0 aromatic heterocycles. The number of hydrogen-bond acceptors (Lipinski definition) is 2. The standard InChI is InChI=1S/C19H22ClFO2/c1-4-5-7-19-8-6-15(22)11(2)16(19)12-9-14(20)18(23-3)17(21)13(12)10-19/h9H,4-8,10H2,1-3H3. The number of unbranched alkanes of at least 4 members (excludes halogenated alkanes) is 1. The fourth-order valence-electron chi connectivity index (χ4n) is 4.28. The number of fused-ring (bicyclic) bond motifs is 3. The van der Waals surface area contributed by atoms with Gasteiger partial charge in [0.15, 0.2) is 17.3 Å². The number of halogens is 2. The Kier molecular flexibility index (Phi) is 4.26. The maximum absolute atomic E-state index is 14.9. The molecule has 1 atom stereocenters. The molecule has 0 radical (unpaired) electrons. The van der Waals surface area contributed by atoms with Crippen molar-refractivity contribution in [3.63, 3.8) is 0 Å². The molecule has 0 amide bonds. The van der Waals surface area contributed by atoms with Gasteiger partial charge >= 0.3 is 0 Å². The van der Waals surface area contributed by atoms with Crippen LogP contribution in [0.1, 0.15) is 57.1 Å². The molecule has 4 heteroatoms. The third-order valence-corrected chi connectivity index (χ3v) is 5.71.